The SMILES string of the molecule is C1CNCCN(C2CSCCS2)C1. The van der Waals surface area contributed by atoms with E-state index in [0.717, 1.165) is 5.37 Å². The molecule has 13 heavy (non-hydrogen) atoms. The molecule has 0 aliphatic carbocycles. The maximum Gasteiger partial charge on any atom is 0.0649 e. The van der Waals surface area contributed by atoms with Crippen molar-refractivity contribution in [2.75, 3.05) is 43.4 Å². The molecule has 0 radical (unpaired) electrons. The molecule has 0 amide bonds. The van der Waals surface area contributed by atoms with Gasteiger partial charge in [-0.05, 0) is 13.0 Å². The summed E-state index contributed by atoms with van der Waals surface area (Å²) in [5, 5.41) is 4.26. The minimum absolute atomic E-state index is 0.804. The van der Waals surface area contributed by atoms with Gasteiger partial charge in [-0.15, -0.1) is 11.8 Å². The van der Waals surface area contributed by atoms with Gasteiger partial charge in [0.15, 0.2) is 0 Å². The molecule has 2 fully saturated rings. The summed E-state index contributed by atoms with van der Waals surface area (Å²) >= 11 is 4.28. The number of nitrogens with zero attached hydrogens (tertiary/aromatic N) is 1. The molecule has 2 aliphatic heterocycles. The van der Waals surface area contributed by atoms with Gasteiger partial charge in [0.25, 0.3) is 0 Å². The highest BCUT2D eigenvalue weighted by Gasteiger charge is 2.22. The van der Waals surface area contributed by atoms with E-state index in [4.69, 9.17) is 0 Å². The summed E-state index contributed by atoms with van der Waals surface area (Å²) in [5.41, 5.74) is 0. The number of hydrogen-bond acceptors (Lipinski definition) is 4. The van der Waals surface area contributed by atoms with E-state index < -0.39 is 0 Å². The van der Waals surface area contributed by atoms with Crippen molar-refractivity contribution in [1.82, 2.24) is 10.2 Å². The summed E-state index contributed by atoms with van der Waals surface area (Å²) in [6.45, 7) is 4.94. The average Bonchev–Trinajstić information content (AvgIpc) is 2.47. The van der Waals surface area contributed by atoms with Crippen LogP contribution in [0.2, 0.25) is 0 Å². The van der Waals surface area contributed by atoms with Crippen LogP contribution in [0, 0.1) is 0 Å². The van der Waals surface area contributed by atoms with Crippen molar-refractivity contribution in [2.24, 2.45) is 0 Å². The third kappa shape index (κ3) is 3.05. The number of rotatable bonds is 1. The maximum absolute atomic E-state index is 3.46. The van der Waals surface area contributed by atoms with Crippen LogP contribution in [-0.2, 0) is 0 Å². The van der Waals surface area contributed by atoms with E-state index in [1.807, 2.05) is 0 Å². The summed E-state index contributed by atoms with van der Waals surface area (Å²) < 4.78 is 0. The van der Waals surface area contributed by atoms with Crippen molar-refractivity contribution in [3.63, 3.8) is 0 Å². The maximum atomic E-state index is 3.46. The van der Waals surface area contributed by atoms with Gasteiger partial charge in [0.2, 0.25) is 0 Å². The fourth-order valence-electron chi connectivity index (χ4n) is 1.84. The molecule has 1 atom stereocenters. The van der Waals surface area contributed by atoms with Crippen LogP contribution in [0.4, 0.5) is 0 Å². The summed E-state index contributed by atoms with van der Waals surface area (Å²) in [5.74, 6) is 4.04. The van der Waals surface area contributed by atoms with Crippen molar-refractivity contribution < 1.29 is 0 Å². The first-order valence-electron chi connectivity index (χ1n) is 5.11. The van der Waals surface area contributed by atoms with E-state index in [2.05, 4.69) is 33.7 Å². The Hall–Kier alpha value is 0.620. The van der Waals surface area contributed by atoms with Crippen LogP contribution < -0.4 is 5.32 Å². The zero-order valence-corrected chi connectivity index (χ0v) is 9.63. The predicted octanol–water partition coefficient (Wildman–Crippen LogP) is 1.09. The lowest BCUT2D eigenvalue weighted by Crippen LogP contribution is -2.39. The molecule has 2 nitrogen and oxygen atoms in total. The fourth-order valence-corrected chi connectivity index (χ4v) is 4.64. The second-order valence-corrected chi connectivity index (χ2v) is 5.98. The third-order valence-electron chi connectivity index (χ3n) is 2.58. The highest BCUT2D eigenvalue weighted by Crippen LogP contribution is 2.26. The zero-order chi connectivity index (χ0) is 8.93. The Kier molecular flexibility index (Phi) is 4.28. The van der Waals surface area contributed by atoms with Crippen LogP contribution in [0.15, 0.2) is 0 Å². The van der Waals surface area contributed by atoms with E-state index >= 15 is 0 Å². The molecule has 1 N–H and O–H groups in total. The lowest BCUT2D eigenvalue weighted by molar-refractivity contribution is 0.288. The molecule has 0 aromatic carbocycles. The normalized spacial score (nSPS) is 32.8. The topological polar surface area (TPSA) is 15.3 Å². The molecule has 0 spiro atoms. The molecular formula is C9H18N2S2. The van der Waals surface area contributed by atoms with Gasteiger partial charge in [-0.2, -0.15) is 11.8 Å². The smallest absolute Gasteiger partial charge is 0.0649 e. The highest BCUT2D eigenvalue weighted by atomic mass is 32.2. The number of nitrogens with one attached hydrogen (secondary N) is 1. The van der Waals surface area contributed by atoms with E-state index in [-0.39, 0.29) is 0 Å². The molecule has 0 aromatic rings. The van der Waals surface area contributed by atoms with Crippen LogP contribution >= 0.6 is 23.5 Å². The molecule has 2 heterocycles. The summed E-state index contributed by atoms with van der Waals surface area (Å²) in [6.07, 6.45) is 1.32. The van der Waals surface area contributed by atoms with Gasteiger partial charge in [0, 0.05) is 36.9 Å². The molecule has 2 aliphatic rings. The van der Waals surface area contributed by atoms with Crippen molar-refractivity contribution in [3.05, 3.63) is 0 Å². The Morgan fingerprint density at radius 3 is 3.00 bits per heavy atom. The lowest BCUT2D eigenvalue weighted by Gasteiger charge is -2.32. The molecule has 2 saturated heterocycles. The van der Waals surface area contributed by atoms with E-state index in [1.54, 1.807) is 0 Å². The standard InChI is InChI=1S/C9H18N2S2/c1-2-10-3-5-11(4-1)9-8-12-6-7-13-9/h9-10H,1-8H2. The monoisotopic (exact) mass is 218 g/mol. The van der Waals surface area contributed by atoms with Crippen molar-refractivity contribution in [3.8, 4) is 0 Å². The molecule has 2 rings (SSSR count). The Morgan fingerprint density at radius 2 is 2.15 bits per heavy atom. The average molecular weight is 218 g/mol. The largest absolute Gasteiger partial charge is 0.315 e. The molecule has 0 aromatic heterocycles. The first-order valence-corrected chi connectivity index (χ1v) is 7.31. The van der Waals surface area contributed by atoms with Crippen molar-refractivity contribution in [1.29, 1.82) is 0 Å². The van der Waals surface area contributed by atoms with Gasteiger partial charge in [0.1, 0.15) is 0 Å². The Morgan fingerprint density at radius 1 is 1.15 bits per heavy atom. The summed E-state index contributed by atoms with van der Waals surface area (Å²) in [4.78, 5) is 2.66. The zero-order valence-electron chi connectivity index (χ0n) is 8.00. The minimum Gasteiger partial charge on any atom is -0.315 e. The van der Waals surface area contributed by atoms with Crippen molar-refractivity contribution >= 4 is 23.5 Å². The fraction of sp³-hybridized carbons (Fsp3) is 1.00. The molecule has 1 unspecified atom stereocenters. The molecule has 76 valence electrons. The van der Waals surface area contributed by atoms with Gasteiger partial charge in [-0.25, -0.2) is 0 Å². The highest BCUT2D eigenvalue weighted by molar-refractivity contribution is 8.06. The third-order valence-corrected chi connectivity index (χ3v) is 5.38. The molecular weight excluding hydrogens is 200 g/mol. The van der Waals surface area contributed by atoms with E-state index in [1.165, 1.54) is 49.9 Å². The van der Waals surface area contributed by atoms with E-state index in [9.17, 15) is 0 Å². The van der Waals surface area contributed by atoms with Crippen LogP contribution in [0.5, 0.6) is 0 Å². The van der Waals surface area contributed by atoms with Gasteiger partial charge < -0.3 is 5.32 Å². The van der Waals surface area contributed by atoms with Crippen LogP contribution in [-0.4, -0.2) is 53.7 Å². The van der Waals surface area contributed by atoms with Gasteiger partial charge >= 0.3 is 0 Å². The second-order valence-electron chi connectivity index (χ2n) is 3.54. The second kappa shape index (κ2) is 5.49. The van der Waals surface area contributed by atoms with Crippen molar-refractivity contribution in [2.45, 2.75) is 11.8 Å². The van der Waals surface area contributed by atoms with E-state index in [0.29, 0.717) is 0 Å². The Labute approximate surface area is 89.2 Å². The summed E-state index contributed by atoms with van der Waals surface area (Å²) in [6, 6.07) is 0. The number of thioether (sulfide) groups is 2. The predicted molar refractivity (Wildman–Crippen MR) is 62.6 cm³/mol. The van der Waals surface area contributed by atoms with Crippen LogP contribution in [0.25, 0.3) is 0 Å². The number of hydrogen-bond donors (Lipinski definition) is 1. The Bertz CT molecular complexity index is 141. The minimum atomic E-state index is 0.804. The quantitative estimate of drug-likeness (QED) is 0.708. The molecule has 4 heteroatoms. The van der Waals surface area contributed by atoms with Gasteiger partial charge in [-0.1, -0.05) is 0 Å². The Balaban J connectivity index is 1.82. The lowest BCUT2D eigenvalue weighted by atomic mass is 10.4. The van der Waals surface area contributed by atoms with Gasteiger partial charge in [-0.3, -0.25) is 4.90 Å². The van der Waals surface area contributed by atoms with Crippen LogP contribution in [0.3, 0.4) is 0 Å². The molecule has 0 bridgehead atoms. The van der Waals surface area contributed by atoms with Crippen LogP contribution in [0.1, 0.15) is 6.42 Å². The molecule has 0 saturated carbocycles. The summed E-state index contributed by atoms with van der Waals surface area (Å²) in [7, 11) is 0. The van der Waals surface area contributed by atoms with Gasteiger partial charge in [0.05, 0.1) is 5.37 Å². The first kappa shape index (κ1) is 10.1. The first-order chi connectivity index (χ1) is 6.47.